The fraction of sp³-hybridized carbons (Fsp3) is 0.229. The summed E-state index contributed by atoms with van der Waals surface area (Å²) in [4.78, 5) is 32.4. The first-order chi connectivity index (χ1) is 29.0. The molecule has 59 heavy (non-hydrogen) atoms. The van der Waals surface area contributed by atoms with E-state index in [0.29, 0.717) is 12.4 Å². The minimum atomic E-state index is -0.897. The van der Waals surface area contributed by atoms with E-state index in [2.05, 4.69) is 89.5 Å². The van der Waals surface area contributed by atoms with Gasteiger partial charge < -0.3 is 14.2 Å². The van der Waals surface area contributed by atoms with Crippen LogP contribution in [-0.2, 0) is 45.8 Å². The maximum absolute atomic E-state index is 13.0. The maximum atomic E-state index is 13.0. The Kier molecular flexibility index (Phi) is 11.2. The number of hydrogen-bond donors (Lipinski definition) is 0. The molecule has 0 saturated carbocycles. The molecule has 0 radical (unpaired) electrons. The van der Waals surface area contributed by atoms with Crippen LogP contribution in [0.2, 0.25) is 0 Å². The molecule has 1 aliphatic rings. The molecule has 1 amide bonds. The molecular formula is C48H44N8O3. The van der Waals surface area contributed by atoms with Gasteiger partial charge in [0, 0.05) is 30.6 Å². The molecule has 0 bridgehead atoms. The second-order valence-corrected chi connectivity index (χ2v) is 14.7. The number of rotatable bonds is 13. The first kappa shape index (κ1) is 38.7. The second kappa shape index (κ2) is 17.1. The first-order valence-electron chi connectivity index (χ1n) is 19.9. The summed E-state index contributed by atoms with van der Waals surface area (Å²) in [6.45, 7) is 2.83. The van der Waals surface area contributed by atoms with Crippen LogP contribution in [-0.4, -0.2) is 59.7 Å². The normalized spacial score (nSPS) is 13.7. The highest BCUT2D eigenvalue weighted by Crippen LogP contribution is 2.43. The van der Waals surface area contributed by atoms with Gasteiger partial charge in [0.25, 0.3) is 0 Å². The number of hydrogen-bond acceptors (Lipinski definition) is 8. The molecule has 0 N–H and O–H groups in total. The molecule has 0 aliphatic carbocycles. The Labute approximate surface area is 343 Å². The Hall–Kier alpha value is -7.19. The number of unbranched alkanes of at least 4 members (excludes halogenated alkanes) is 1. The lowest BCUT2D eigenvalue weighted by atomic mass is 9.77. The maximum Gasteiger partial charge on any atom is 0.328 e. The number of imidazole rings is 1. The molecule has 1 unspecified atom stereocenters. The Morgan fingerprint density at radius 3 is 1.98 bits per heavy atom. The molecule has 11 nitrogen and oxygen atoms in total. The molecule has 2 aromatic heterocycles. The van der Waals surface area contributed by atoms with Gasteiger partial charge in [-0.05, 0) is 50.2 Å². The van der Waals surface area contributed by atoms with Gasteiger partial charge in [0.05, 0.1) is 25.4 Å². The fourth-order valence-corrected chi connectivity index (χ4v) is 8.39. The second-order valence-electron chi connectivity index (χ2n) is 14.7. The zero-order valence-corrected chi connectivity index (χ0v) is 33.1. The number of tetrazole rings is 1. The lowest BCUT2D eigenvalue weighted by Gasteiger charge is -2.36. The zero-order valence-electron chi connectivity index (χ0n) is 33.1. The highest BCUT2D eigenvalue weighted by molar-refractivity contribution is 5.86. The Bertz CT molecular complexity index is 2500. The summed E-state index contributed by atoms with van der Waals surface area (Å²) in [6.07, 6.45) is 2.65. The van der Waals surface area contributed by atoms with Crippen molar-refractivity contribution >= 4 is 11.9 Å². The van der Waals surface area contributed by atoms with E-state index in [-0.39, 0.29) is 19.4 Å². The van der Waals surface area contributed by atoms with E-state index >= 15 is 0 Å². The van der Waals surface area contributed by atoms with Gasteiger partial charge in [0.1, 0.15) is 23.8 Å². The Morgan fingerprint density at radius 2 is 1.41 bits per heavy atom. The van der Waals surface area contributed by atoms with E-state index in [9.17, 15) is 14.9 Å². The Morgan fingerprint density at radius 1 is 0.814 bits per heavy atom. The molecule has 0 fully saturated rings. The smallest absolute Gasteiger partial charge is 0.328 e. The highest BCUT2D eigenvalue weighted by atomic mass is 16.5. The van der Waals surface area contributed by atoms with Gasteiger partial charge in [0.15, 0.2) is 5.82 Å². The summed E-state index contributed by atoms with van der Waals surface area (Å²) < 4.78 is 9.27. The number of nitrogens with zero attached hydrogens (tertiary/aromatic N) is 8. The van der Waals surface area contributed by atoms with Crippen LogP contribution >= 0.6 is 0 Å². The lowest BCUT2D eigenvalue weighted by Crippen LogP contribution is -2.49. The average Bonchev–Trinajstić information content (AvgIpc) is 3.91. The molecular weight excluding hydrogens is 737 g/mol. The van der Waals surface area contributed by atoms with E-state index in [1.807, 2.05) is 77.5 Å². The van der Waals surface area contributed by atoms with Crippen LogP contribution in [0.25, 0.3) is 22.5 Å². The highest BCUT2D eigenvalue weighted by Gasteiger charge is 2.42. The molecule has 7 aromatic rings. The van der Waals surface area contributed by atoms with Crippen molar-refractivity contribution in [2.45, 2.75) is 63.7 Å². The van der Waals surface area contributed by atoms with Gasteiger partial charge in [-0.3, -0.25) is 4.79 Å². The minimum Gasteiger partial charge on any atom is -0.467 e. The average molecular weight is 781 g/mol. The molecule has 1 aliphatic heterocycles. The van der Waals surface area contributed by atoms with Crippen molar-refractivity contribution in [1.82, 2.24) is 34.7 Å². The molecule has 0 saturated heterocycles. The number of ether oxygens (including phenoxy) is 1. The molecule has 11 heteroatoms. The molecule has 8 rings (SSSR count). The van der Waals surface area contributed by atoms with Crippen LogP contribution in [0.3, 0.4) is 0 Å². The third-order valence-electron chi connectivity index (χ3n) is 11.2. The van der Waals surface area contributed by atoms with Gasteiger partial charge in [0.2, 0.25) is 5.91 Å². The molecule has 294 valence electrons. The number of nitriles is 1. The van der Waals surface area contributed by atoms with Crippen molar-refractivity contribution in [3.63, 3.8) is 0 Å². The van der Waals surface area contributed by atoms with Crippen LogP contribution < -0.4 is 0 Å². The van der Waals surface area contributed by atoms with E-state index in [4.69, 9.17) is 20.0 Å². The van der Waals surface area contributed by atoms with Gasteiger partial charge in [-0.15, -0.1) is 5.10 Å². The summed E-state index contributed by atoms with van der Waals surface area (Å²) in [5.41, 5.74) is 7.74. The lowest BCUT2D eigenvalue weighted by molar-refractivity contribution is -0.153. The predicted molar refractivity (Wildman–Crippen MR) is 224 cm³/mol. The summed E-state index contributed by atoms with van der Waals surface area (Å²) in [6, 6.07) is 48.9. The van der Waals surface area contributed by atoms with Crippen molar-refractivity contribution < 1.29 is 14.3 Å². The summed E-state index contributed by atoms with van der Waals surface area (Å²) in [5.74, 6) is 0.616. The van der Waals surface area contributed by atoms with Crippen LogP contribution in [0.4, 0.5) is 0 Å². The number of amides is 1. The van der Waals surface area contributed by atoms with Crippen LogP contribution in [0.1, 0.15) is 65.7 Å². The van der Waals surface area contributed by atoms with Crippen molar-refractivity contribution in [2.24, 2.45) is 0 Å². The molecule has 5 aromatic carbocycles. The standard InChI is InChI=1S/C48H44N8O3/c1-3-4-24-44-50-41-33-55(45(57)29-30-49)43(47(58)59-2)31-42(41)54(44)32-34-25-27-35(28-26-34)39-22-14-15-23-40(39)46-51-52-53-56(46)48(36-16-8-5-9-17-36,37-18-10-6-11-19-37)38-20-12-7-13-21-38/h5-23,25-28,43H,3-4,24,29,31-33H2,1-2H3. The van der Waals surface area contributed by atoms with Gasteiger partial charge in [-0.25, -0.2) is 14.5 Å². The number of esters is 1. The monoisotopic (exact) mass is 780 g/mol. The number of fused-ring (bicyclic) bond motifs is 1. The van der Waals surface area contributed by atoms with Crippen LogP contribution in [0.5, 0.6) is 0 Å². The summed E-state index contributed by atoms with van der Waals surface area (Å²) >= 11 is 0. The van der Waals surface area contributed by atoms with Gasteiger partial charge in [-0.1, -0.05) is 153 Å². The summed E-state index contributed by atoms with van der Waals surface area (Å²) in [5, 5.41) is 23.1. The predicted octanol–water partition coefficient (Wildman–Crippen LogP) is 7.77. The van der Waals surface area contributed by atoms with E-state index in [1.54, 1.807) is 0 Å². The van der Waals surface area contributed by atoms with Crippen LogP contribution in [0.15, 0.2) is 140 Å². The Balaban J connectivity index is 1.18. The van der Waals surface area contributed by atoms with E-state index in [0.717, 1.165) is 75.4 Å². The minimum absolute atomic E-state index is 0.150. The molecule has 0 spiro atoms. The number of benzene rings is 5. The van der Waals surface area contributed by atoms with Crippen molar-refractivity contribution in [3.8, 4) is 28.6 Å². The molecule has 1 atom stereocenters. The number of aromatic nitrogens is 6. The van der Waals surface area contributed by atoms with Crippen molar-refractivity contribution in [2.75, 3.05) is 7.11 Å². The van der Waals surface area contributed by atoms with Gasteiger partial charge >= 0.3 is 5.97 Å². The topological polar surface area (TPSA) is 132 Å². The SMILES string of the molecule is CCCCc1nc2c(n1Cc1ccc(-c3ccccc3-c3nnnn3C(c3ccccc3)(c3ccccc3)c3ccccc3)cc1)CC(C(=O)OC)N(C(=O)CC#N)C2. The molecule has 3 heterocycles. The largest absolute Gasteiger partial charge is 0.467 e. The number of carbonyl (C=O) groups is 2. The third kappa shape index (κ3) is 7.30. The van der Waals surface area contributed by atoms with E-state index in [1.165, 1.54) is 12.0 Å². The quantitative estimate of drug-likeness (QED) is 0.0857. The summed E-state index contributed by atoms with van der Waals surface area (Å²) in [7, 11) is 1.32. The number of aryl methyl sites for hydroxylation is 1. The van der Waals surface area contributed by atoms with Crippen molar-refractivity contribution in [3.05, 3.63) is 179 Å². The van der Waals surface area contributed by atoms with Gasteiger partial charge in [-0.2, -0.15) is 5.26 Å². The first-order valence-corrected chi connectivity index (χ1v) is 19.9. The van der Waals surface area contributed by atoms with E-state index < -0.39 is 23.5 Å². The van der Waals surface area contributed by atoms with Crippen LogP contribution in [0, 0.1) is 11.3 Å². The number of methoxy groups -OCH3 is 1. The number of carbonyl (C=O) groups excluding carboxylic acids is 2. The fourth-order valence-electron chi connectivity index (χ4n) is 8.39. The third-order valence-corrected chi connectivity index (χ3v) is 11.2. The van der Waals surface area contributed by atoms with Crippen molar-refractivity contribution in [1.29, 1.82) is 5.26 Å². The zero-order chi connectivity index (χ0) is 40.8.